The van der Waals surface area contributed by atoms with Crippen LogP contribution in [0.2, 0.25) is 0 Å². The second kappa shape index (κ2) is 10.6. The maximum absolute atomic E-state index is 10.8. The van der Waals surface area contributed by atoms with Crippen LogP contribution in [-0.4, -0.2) is 42.7 Å². The van der Waals surface area contributed by atoms with Gasteiger partial charge in [0.2, 0.25) is 0 Å². The second-order valence-electron chi connectivity index (χ2n) is 4.95. The summed E-state index contributed by atoms with van der Waals surface area (Å²) in [6, 6.07) is 2.87. The van der Waals surface area contributed by atoms with Gasteiger partial charge >= 0.3 is 29.6 Å². The Kier molecular flexibility index (Phi) is 10.5. The van der Waals surface area contributed by atoms with Crippen LogP contribution in [0, 0.1) is 0 Å². The fourth-order valence-corrected chi connectivity index (χ4v) is 2.72. The molecule has 0 aromatic carbocycles. The van der Waals surface area contributed by atoms with E-state index in [0.29, 0.717) is 11.4 Å². The van der Waals surface area contributed by atoms with Gasteiger partial charge in [-0.15, -0.1) is 0 Å². The van der Waals surface area contributed by atoms with Crippen molar-refractivity contribution in [1.82, 2.24) is 19.6 Å². The topological polar surface area (TPSA) is 159 Å². The standard InChI is InChI=1S/C6H11N3O2S.C6H10N2O3S.Na/c1-4(10)5-3-6(12(7)11)8-9(5)2;1-4(9)5-3-6(12(10)11)7-8(5)2;/h3-4,10H,7H2,1-2H3;3-4,9H,1-2H3,(H,10,11);/q;;+1/p-1. The molecule has 0 saturated carbocycles. The molecule has 4 N–H and O–H groups in total. The number of aliphatic hydroxyl groups excluding tert-OH is 2. The molecule has 0 amide bonds. The maximum Gasteiger partial charge on any atom is 1.00 e. The van der Waals surface area contributed by atoms with E-state index >= 15 is 0 Å². The average molecular weight is 401 g/mol. The first-order chi connectivity index (χ1) is 11.0. The summed E-state index contributed by atoms with van der Waals surface area (Å²) in [4.78, 5) is 0. The van der Waals surface area contributed by atoms with E-state index < -0.39 is 34.3 Å². The van der Waals surface area contributed by atoms with Crippen LogP contribution in [-0.2, 0) is 36.2 Å². The zero-order valence-corrected chi connectivity index (χ0v) is 18.2. The van der Waals surface area contributed by atoms with Gasteiger partial charge in [0.05, 0.1) is 23.6 Å². The van der Waals surface area contributed by atoms with Gasteiger partial charge in [0.25, 0.3) is 0 Å². The Morgan fingerprint density at radius 1 is 1.04 bits per heavy atom. The quantitative estimate of drug-likeness (QED) is 0.349. The van der Waals surface area contributed by atoms with Crippen molar-refractivity contribution in [3.8, 4) is 0 Å². The summed E-state index contributed by atoms with van der Waals surface area (Å²) in [6.45, 7) is 3.16. The maximum atomic E-state index is 10.8. The first-order valence-electron chi connectivity index (χ1n) is 6.74. The van der Waals surface area contributed by atoms with Crippen molar-refractivity contribution in [2.45, 2.75) is 36.1 Å². The van der Waals surface area contributed by atoms with Crippen LogP contribution < -0.4 is 34.7 Å². The molecule has 0 aliphatic carbocycles. The van der Waals surface area contributed by atoms with Gasteiger partial charge in [-0.1, -0.05) is 0 Å². The van der Waals surface area contributed by atoms with Crippen molar-refractivity contribution < 1.29 is 52.7 Å². The molecule has 0 aliphatic heterocycles. The van der Waals surface area contributed by atoms with E-state index in [1.807, 2.05) is 0 Å². The third-order valence-electron chi connectivity index (χ3n) is 3.02. The zero-order chi connectivity index (χ0) is 18.6. The van der Waals surface area contributed by atoms with Crippen LogP contribution in [0.5, 0.6) is 0 Å². The first kappa shape index (κ1) is 24.6. The Hall–Kier alpha value is -0.440. The second-order valence-corrected chi connectivity index (χ2v) is 6.85. The Morgan fingerprint density at radius 3 is 1.60 bits per heavy atom. The summed E-state index contributed by atoms with van der Waals surface area (Å²) >= 11 is -2.33. The number of hydrogen-bond acceptors (Lipinski definition) is 7. The molecule has 0 aliphatic rings. The minimum absolute atomic E-state index is 0. The van der Waals surface area contributed by atoms with Crippen molar-refractivity contribution in [3.05, 3.63) is 23.5 Å². The number of nitrogens with zero attached hydrogens (tertiary/aromatic N) is 4. The Balaban J connectivity index is 0.000000443. The summed E-state index contributed by atoms with van der Waals surface area (Å²) < 4.78 is 34.4. The minimum Gasteiger partial charge on any atom is -0.767 e. The molecule has 0 fully saturated rings. The van der Waals surface area contributed by atoms with E-state index in [1.165, 1.54) is 21.5 Å². The normalized spacial score (nSPS) is 15.4. The van der Waals surface area contributed by atoms with Crippen LogP contribution in [0.15, 0.2) is 22.2 Å². The third kappa shape index (κ3) is 7.00. The van der Waals surface area contributed by atoms with Crippen molar-refractivity contribution in [2.24, 2.45) is 19.2 Å². The van der Waals surface area contributed by atoms with E-state index in [9.17, 15) is 18.1 Å². The van der Waals surface area contributed by atoms with Gasteiger partial charge in [0.1, 0.15) is 16.0 Å². The summed E-state index contributed by atoms with van der Waals surface area (Å²) in [5.74, 6) is 0. The summed E-state index contributed by atoms with van der Waals surface area (Å²) in [6.07, 6.45) is -1.33. The first-order valence-corrected chi connectivity index (χ1v) is 9.02. The smallest absolute Gasteiger partial charge is 0.767 e. The number of aliphatic hydroxyl groups is 2. The predicted octanol–water partition coefficient (Wildman–Crippen LogP) is -3.83. The molecule has 0 radical (unpaired) electrons. The van der Waals surface area contributed by atoms with E-state index in [4.69, 9.17) is 10.2 Å². The Morgan fingerprint density at radius 2 is 1.40 bits per heavy atom. The van der Waals surface area contributed by atoms with Crippen molar-refractivity contribution >= 4 is 22.1 Å². The molecule has 136 valence electrons. The molecule has 0 spiro atoms. The van der Waals surface area contributed by atoms with Gasteiger partial charge in [0, 0.05) is 14.1 Å². The molecule has 2 aromatic heterocycles. The minimum atomic E-state index is -2.33. The third-order valence-corrected chi connectivity index (χ3v) is 4.17. The SMILES string of the molecule is CC(O)c1cc(S(=O)[O-])nn1C.CC(O)c1cc(S(N)=O)nn1C.[Na+]. The monoisotopic (exact) mass is 401 g/mol. The van der Waals surface area contributed by atoms with Gasteiger partial charge in [-0.2, -0.15) is 10.2 Å². The molecular formula is C12H20N5NaO5S2. The van der Waals surface area contributed by atoms with Gasteiger partial charge in [-0.25, -0.2) is 9.35 Å². The summed E-state index contributed by atoms with van der Waals surface area (Å²) in [5, 5.41) is 31.2. The number of nitrogens with two attached hydrogens (primary N) is 1. The molecule has 2 heterocycles. The molecule has 4 atom stereocenters. The van der Waals surface area contributed by atoms with Crippen LogP contribution >= 0.6 is 0 Å². The zero-order valence-electron chi connectivity index (χ0n) is 14.6. The van der Waals surface area contributed by atoms with Crippen molar-refractivity contribution in [2.75, 3.05) is 0 Å². The largest absolute Gasteiger partial charge is 1.00 e. The molecular weight excluding hydrogens is 381 g/mol. The van der Waals surface area contributed by atoms with Crippen LogP contribution in [0.4, 0.5) is 0 Å². The fourth-order valence-electron chi connectivity index (χ4n) is 1.87. The average Bonchev–Trinajstić information content (AvgIpc) is 3.03. The van der Waals surface area contributed by atoms with E-state index in [0.717, 1.165) is 0 Å². The molecule has 2 rings (SSSR count). The van der Waals surface area contributed by atoms with Gasteiger partial charge in [-0.3, -0.25) is 13.6 Å². The van der Waals surface area contributed by atoms with E-state index in [1.54, 1.807) is 27.9 Å². The van der Waals surface area contributed by atoms with Crippen LogP contribution in [0.1, 0.15) is 37.4 Å². The molecule has 2 aromatic rings. The molecule has 13 heteroatoms. The molecule has 0 saturated heterocycles. The number of aromatic nitrogens is 4. The predicted molar refractivity (Wildman–Crippen MR) is 85.5 cm³/mol. The molecule has 0 bridgehead atoms. The summed E-state index contributed by atoms with van der Waals surface area (Å²) in [7, 11) is 1.67. The summed E-state index contributed by atoms with van der Waals surface area (Å²) in [5.41, 5.74) is 1.08. The fraction of sp³-hybridized carbons (Fsp3) is 0.500. The number of rotatable bonds is 4. The van der Waals surface area contributed by atoms with E-state index in [2.05, 4.69) is 10.2 Å². The van der Waals surface area contributed by atoms with Crippen LogP contribution in [0.25, 0.3) is 0 Å². The van der Waals surface area contributed by atoms with Gasteiger partial charge < -0.3 is 14.8 Å². The van der Waals surface area contributed by atoms with E-state index in [-0.39, 0.29) is 39.6 Å². The molecule has 4 unspecified atom stereocenters. The van der Waals surface area contributed by atoms with Gasteiger partial charge in [-0.05, 0) is 37.1 Å². The Bertz CT molecular complexity index is 684. The van der Waals surface area contributed by atoms with Crippen LogP contribution in [0.3, 0.4) is 0 Å². The van der Waals surface area contributed by atoms with Gasteiger partial charge in [0.15, 0.2) is 5.03 Å². The Labute approximate surface area is 172 Å². The number of hydrogen-bond donors (Lipinski definition) is 3. The molecule has 25 heavy (non-hydrogen) atoms. The van der Waals surface area contributed by atoms with Crippen molar-refractivity contribution in [3.63, 3.8) is 0 Å². The van der Waals surface area contributed by atoms with Crippen molar-refractivity contribution in [1.29, 1.82) is 0 Å². The number of aryl methyl sites for hydroxylation is 2. The molecule has 10 nitrogen and oxygen atoms in total.